The largest absolute Gasteiger partial charge is 0.508 e. The summed E-state index contributed by atoms with van der Waals surface area (Å²) >= 11 is 0. The molecule has 4 N–H and O–H groups in total. The van der Waals surface area contributed by atoms with E-state index in [-0.39, 0.29) is 18.4 Å². The number of nitrogens with two attached hydrogens (primary N) is 1. The number of phenolic OH excluding ortho intramolecular Hbond substituents is 1. The van der Waals surface area contributed by atoms with Gasteiger partial charge in [-0.2, -0.15) is 0 Å². The van der Waals surface area contributed by atoms with Crippen LogP contribution in [0.2, 0.25) is 0 Å². The van der Waals surface area contributed by atoms with Gasteiger partial charge in [-0.3, -0.25) is 4.79 Å². The average molecular weight is 286 g/mol. The SMILES string of the molecule is CC(Nc1cccc(OCC(N)=O)c1)c1ccc(O)cc1. The van der Waals surface area contributed by atoms with Crippen LogP contribution in [0.25, 0.3) is 0 Å². The molecule has 1 atom stereocenters. The Morgan fingerprint density at radius 3 is 2.67 bits per heavy atom. The fraction of sp³-hybridized carbons (Fsp3) is 0.188. The van der Waals surface area contributed by atoms with Gasteiger partial charge in [-0.15, -0.1) is 0 Å². The maximum Gasteiger partial charge on any atom is 0.255 e. The van der Waals surface area contributed by atoms with Gasteiger partial charge in [0.05, 0.1) is 0 Å². The Hall–Kier alpha value is -2.69. The molecular weight excluding hydrogens is 268 g/mol. The number of nitrogens with one attached hydrogen (secondary N) is 1. The first-order valence-electron chi connectivity index (χ1n) is 6.61. The van der Waals surface area contributed by atoms with Gasteiger partial charge < -0.3 is 20.9 Å². The fourth-order valence-electron chi connectivity index (χ4n) is 1.93. The van der Waals surface area contributed by atoms with Crippen molar-refractivity contribution in [3.8, 4) is 11.5 Å². The molecule has 21 heavy (non-hydrogen) atoms. The highest BCUT2D eigenvalue weighted by molar-refractivity contribution is 5.75. The summed E-state index contributed by atoms with van der Waals surface area (Å²) in [4.78, 5) is 10.7. The highest BCUT2D eigenvalue weighted by atomic mass is 16.5. The Balaban J connectivity index is 2.03. The van der Waals surface area contributed by atoms with Crippen LogP contribution in [0.1, 0.15) is 18.5 Å². The molecule has 2 aromatic carbocycles. The summed E-state index contributed by atoms with van der Waals surface area (Å²) in [7, 11) is 0. The van der Waals surface area contributed by atoms with E-state index < -0.39 is 5.91 Å². The van der Waals surface area contributed by atoms with Gasteiger partial charge in [-0.1, -0.05) is 18.2 Å². The van der Waals surface area contributed by atoms with Crippen LogP contribution in [-0.4, -0.2) is 17.6 Å². The number of primary amides is 1. The predicted octanol–water partition coefficient (Wildman–Crippen LogP) is 2.43. The van der Waals surface area contributed by atoms with Crippen molar-refractivity contribution in [3.63, 3.8) is 0 Å². The van der Waals surface area contributed by atoms with E-state index in [1.165, 1.54) is 0 Å². The van der Waals surface area contributed by atoms with E-state index in [0.717, 1.165) is 11.3 Å². The molecule has 2 aromatic rings. The molecule has 0 saturated carbocycles. The number of carbonyl (C=O) groups is 1. The molecule has 0 aliphatic rings. The fourth-order valence-corrected chi connectivity index (χ4v) is 1.93. The Morgan fingerprint density at radius 1 is 1.29 bits per heavy atom. The highest BCUT2D eigenvalue weighted by Gasteiger charge is 2.06. The van der Waals surface area contributed by atoms with Crippen LogP contribution in [-0.2, 0) is 4.79 Å². The zero-order valence-electron chi connectivity index (χ0n) is 11.7. The molecule has 0 aliphatic carbocycles. The summed E-state index contributed by atoms with van der Waals surface area (Å²) in [5, 5.41) is 12.6. The van der Waals surface area contributed by atoms with E-state index in [2.05, 4.69) is 5.32 Å². The lowest BCUT2D eigenvalue weighted by molar-refractivity contribution is -0.119. The summed E-state index contributed by atoms with van der Waals surface area (Å²) in [6.07, 6.45) is 0. The van der Waals surface area contributed by atoms with Crippen LogP contribution in [0.3, 0.4) is 0 Å². The Morgan fingerprint density at radius 2 is 2.00 bits per heavy atom. The van der Waals surface area contributed by atoms with Crippen LogP contribution >= 0.6 is 0 Å². The normalized spacial score (nSPS) is 11.7. The smallest absolute Gasteiger partial charge is 0.255 e. The summed E-state index contributed by atoms with van der Waals surface area (Å²) < 4.78 is 5.26. The molecule has 110 valence electrons. The van der Waals surface area contributed by atoms with E-state index in [4.69, 9.17) is 10.5 Å². The average Bonchev–Trinajstić information content (AvgIpc) is 2.46. The van der Waals surface area contributed by atoms with Gasteiger partial charge in [0, 0.05) is 17.8 Å². The van der Waals surface area contributed by atoms with Crippen LogP contribution in [0.5, 0.6) is 11.5 Å². The van der Waals surface area contributed by atoms with Crippen LogP contribution in [0.4, 0.5) is 5.69 Å². The maximum atomic E-state index is 10.7. The Bertz CT molecular complexity index is 611. The number of ether oxygens (including phenoxy) is 1. The first-order chi connectivity index (χ1) is 10.0. The number of hydrogen-bond acceptors (Lipinski definition) is 4. The number of aromatic hydroxyl groups is 1. The number of rotatable bonds is 6. The van der Waals surface area contributed by atoms with E-state index in [9.17, 15) is 9.90 Å². The van der Waals surface area contributed by atoms with E-state index in [1.807, 2.05) is 31.2 Å². The minimum atomic E-state index is -0.508. The molecular formula is C16H18N2O3. The van der Waals surface area contributed by atoms with Crippen molar-refractivity contribution >= 4 is 11.6 Å². The van der Waals surface area contributed by atoms with Gasteiger partial charge in [-0.05, 0) is 36.8 Å². The van der Waals surface area contributed by atoms with Crippen molar-refractivity contribution in [3.05, 3.63) is 54.1 Å². The highest BCUT2D eigenvalue weighted by Crippen LogP contribution is 2.23. The first kappa shape index (κ1) is 14.7. The zero-order chi connectivity index (χ0) is 15.2. The number of benzene rings is 2. The lowest BCUT2D eigenvalue weighted by Crippen LogP contribution is -2.20. The molecule has 0 radical (unpaired) electrons. The van der Waals surface area contributed by atoms with Crippen molar-refractivity contribution < 1.29 is 14.6 Å². The molecule has 0 aromatic heterocycles. The molecule has 0 aliphatic heterocycles. The predicted molar refractivity (Wildman–Crippen MR) is 81.3 cm³/mol. The summed E-state index contributed by atoms with van der Waals surface area (Å²) in [6.45, 7) is 1.88. The zero-order valence-corrected chi connectivity index (χ0v) is 11.7. The molecule has 0 saturated heterocycles. The molecule has 0 spiro atoms. The van der Waals surface area contributed by atoms with Gasteiger partial charge in [0.2, 0.25) is 0 Å². The van der Waals surface area contributed by atoms with Crippen molar-refractivity contribution in [2.24, 2.45) is 5.73 Å². The molecule has 2 rings (SSSR count). The van der Waals surface area contributed by atoms with E-state index in [0.29, 0.717) is 5.75 Å². The van der Waals surface area contributed by atoms with Gasteiger partial charge in [0.25, 0.3) is 5.91 Å². The van der Waals surface area contributed by atoms with Crippen molar-refractivity contribution in [2.75, 3.05) is 11.9 Å². The van der Waals surface area contributed by atoms with Gasteiger partial charge in [0.1, 0.15) is 11.5 Å². The summed E-state index contributed by atoms with van der Waals surface area (Å²) in [5.41, 5.74) is 6.97. The quantitative estimate of drug-likeness (QED) is 0.761. The van der Waals surface area contributed by atoms with Crippen molar-refractivity contribution in [1.29, 1.82) is 0 Å². The topological polar surface area (TPSA) is 84.6 Å². The Kier molecular flexibility index (Phi) is 4.66. The van der Waals surface area contributed by atoms with Gasteiger partial charge in [0.15, 0.2) is 6.61 Å². The van der Waals surface area contributed by atoms with Crippen LogP contribution in [0.15, 0.2) is 48.5 Å². The molecule has 0 heterocycles. The van der Waals surface area contributed by atoms with Crippen molar-refractivity contribution in [1.82, 2.24) is 0 Å². The minimum Gasteiger partial charge on any atom is -0.508 e. The number of phenols is 1. The number of carbonyl (C=O) groups excluding carboxylic acids is 1. The van der Waals surface area contributed by atoms with Crippen LogP contribution in [0, 0.1) is 0 Å². The first-order valence-corrected chi connectivity index (χ1v) is 6.61. The number of hydrogen-bond donors (Lipinski definition) is 3. The second-order valence-electron chi connectivity index (χ2n) is 4.74. The van der Waals surface area contributed by atoms with E-state index in [1.54, 1.807) is 24.3 Å². The monoisotopic (exact) mass is 286 g/mol. The third-order valence-corrected chi connectivity index (χ3v) is 2.99. The molecule has 1 amide bonds. The van der Waals surface area contributed by atoms with E-state index >= 15 is 0 Å². The van der Waals surface area contributed by atoms with Crippen molar-refractivity contribution in [2.45, 2.75) is 13.0 Å². The third-order valence-electron chi connectivity index (χ3n) is 2.99. The number of anilines is 1. The maximum absolute atomic E-state index is 10.7. The standard InChI is InChI=1S/C16H18N2O3/c1-11(12-5-7-14(19)8-6-12)18-13-3-2-4-15(9-13)21-10-16(17)20/h2-9,11,18-19H,10H2,1H3,(H2,17,20). The Labute approximate surface area is 123 Å². The van der Waals surface area contributed by atoms with Gasteiger partial charge in [-0.25, -0.2) is 0 Å². The molecule has 1 unspecified atom stereocenters. The minimum absolute atomic E-state index is 0.0667. The summed E-state index contributed by atoms with van der Waals surface area (Å²) in [6, 6.07) is 14.4. The second kappa shape index (κ2) is 6.65. The lowest BCUT2D eigenvalue weighted by Gasteiger charge is -2.16. The molecule has 5 nitrogen and oxygen atoms in total. The molecule has 0 fully saturated rings. The molecule has 0 bridgehead atoms. The second-order valence-corrected chi connectivity index (χ2v) is 4.74. The summed E-state index contributed by atoms with van der Waals surface area (Å²) in [5.74, 6) is 0.315. The third kappa shape index (κ3) is 4.42. The van der Waals surface area contributed by atoms with Gasteiger partial charge >= 0.3 is 0 Å². The van der Waals surface area contributed by atoms with Crippen LogP contribution < -0.4 is 15.8 Å². The molecule has 5 heteroatoms. The lowest BCUT2D eigenvalue weighted by atomic mass is 10.1. The number of amides is 1.